The Morgan fingerprint density at radius 1 is 1.24 bits per heavy atom. The molecule has 0 bridgehead atoms. The van der Waals surface area contributed by atoms with Crippen LogP contribution >= 0.6 is 11.3 Å². The predicted octanol–water partition coefficient (Wildman–Crippen LogP) is 4.36. The van der Waals surface area contributed by atoms with Crippen LogP contribution in [-0.4, -0.2) is 29.2 Å². The molecule has 0 saturated carbocycles. The average molecular weight is 357 g/mol. The zero-order valence-electron chi connectivity index (χ0n) is 14.3. The van der Waals surface area contributed by atoms with Crippen molar-refractivity contribution in [2.45, 2.75) is 32.5 Å². The number of halogens is 1. The zero-order chi connectivity index (χ0) is 17.4. The highest BCUT2D eigenvalue weighted by Gasteiger charge is 2.28. The summed E-state index contributed by atoms with van der Waals surface area (Å²) < 4.78 is 19.3. The Morgan fingerprint density at radius 3 is 2.80 bits per heavy atom. The topological polar surface area (TPSA) is 38.2 Å². The molecule has 2 atom stereocenters. The van der Waals surface area contributed by atoms with Gasteiger partial charge in [-0.15, -0.1) is 11.3 Å². The predicted molar refractivity (Wildman–Crippen MR) is 98.7 cm³/mol. The second-order valence-electron chi connectivity index (χ2n) is 6.37. The molecule has 1 fully saturated rings. The fourth-order valence-corrected chi connectivity index (χ4v) is 4.23. The first-order chi connectivity index (χ1) is 12.1. The van der Waals surface area contributed by atoms with Gasteiger partial charge in [-0.05, 0) is 37.1 Å². The second kappa shape index (κ2) is 6.69. The van der Waals surface area contributed by atoms with Gasteiger partial charge in [-0.3, -0.25) is 0 Å². The Balaban J connectivity index is 1.68. The van der Waals surface area contributed by atoms with Gasteiger partial charge in [-0.25, -0.2) is 14.4 Å². The van der Waals surface area contributed by atoms with Crippen LogP contribution in [-0.2, 0) is 11.2 Å². The summed E-state index contributed by atoms with van der Waals surface area (Å²) in [6.07, 6.45) is 2.61. The summed E-state index contributed by atoms with van der Waals surface area (Å²) in [5, 5.41) is 1.11. The second-order valence-corrected chi connectivity index (χ2v) is 7.49. The molecule has 1 aromatic carbocycles. The van der Waals surface area contributed by atoms with E-state index in [4.69, 9.17) is 4.74 Å². The molecule has 2 aromatic heterocycles. The maximum Gasteiger partial charge on any atom is 0.140 e. The molecule has 3 heterocycles. The van der Waals surface area contributed by atoms with E-state index < -0.39 is 0 Å². The van der Waals surface area contributed by atoms with E-state index in [-0.39, 0.29) is 18.0 Å². The monoisotopic (exact) mass is 357 g/mol. The molecule has 1 saturated heterocycles. The van der Waals surface area contributed by atoms with Crippen LogP contribution in [0.3, 0.4) is 0 Å². The van der Waals surface area contributed by atoms with Crippen molar-refractivity contribution in [1.82, 2.24) is 9.97 Å². The minimum atomic E-state index is -0.229. The van der Waals surface area contributed by atoms with Crippen molar-refractivity contribution >= 4 is 27.4 Å². The summed E-state index contributed by atoms with van der Waals surface area (Å²) in [5.74, 6) is 0.732. The SMILES string of the molecule is CCc1cc2c(N3CC(C)OC(c4ccc(F)cc4)C3)ncnc2s1. The van der Waals surface area contributed by atoms with Crippen LogP contribution in [0.5, 0.6) is 0 Å². The van der Waals surface area contributed by atoms with Crippen molar-refractivity contribution in [3.8, 4) is 0 Å². The molecule has 4 rings (SSSR count). The summed E-state index contributed by atoms with van der Waals surface area (Å²) in [6, 6.07) is 8.76. The quantitative estimate of drug-likeness (QED) is 0.698. The van der Waals surface area contributed by atoms with E-state index in [1.165, 1.54) is 17.0 Å². The van der Waals surface area contributed by atoms with Gasteiger partial charge in [0.1, 0.15) is 28.9 Å². The van der Waals surface area contributed by atoms with E-state index in [1.807, 2.05) is 0 Å². The first-order valence-corrected chi connectivity index (χ1v) is 9.35. The van der Waals surface area contributed by atoms with Gasteiger partial charge in [0.25, 0.3) is 0 Å². The number of thiophene rings is 1. The molecule has 0 radical (unpaired) electrons. The molecule has 1 aliphatic heterocycles. The molecule has 1 aliphatic rings. The molecule has 4 nitrogen and oxygen atoms in total. The summed E-state index contributed by atoms with van der Waals surface area (Å²) in [4.78, 5) is 13.6. The molecule has 0 amide bonds. The standard InChI is InChI=1S/C19H20FN3OS/c1-3-15-8-16-18(21-11-22-19(16)25-15)23-9-12(2)24-17(10-23)13-4-6-14(20)7-5-13/h4-8,11-12,17H,3,9-10H2,1-2H3. The van der Waals surface area contributed by atoms with E-state index in [0.717, 1.165) is 34.6 Å². The van der Waals surface area contributed by atoms with Gasteiger partial charge in [0.05, 0.1) is 11.5 Å². The lowest BCUT2D eigenvalue weighted by molar-refractivity contribution is -0.0175. The number of hydrogen-bond acceptors (Lipinski definition) is 5. The molecule has 3 aromatic rings. The van der Waals surface area contributed by atoms with Crippen molar-refractivity contribution < 1.29 is 9.13 Å². The van der Waals surface area contributed by atoms with E-state index in [0.29, 0.717) is 6.54 Å². The lowest BCUT2D eigenvalue weighted by atomic mass is 10.1. The van der Waals surface area contributed by atoms with Crippen molar-refractivity contribution in [1.29, 1.82) is 0 Å². The molecule has 130 valence electrons. The molecule has 0 aliphatic carbocycles. The van der Waals surface area contributed by atoms with E-state index in [9.17, 15) is 4.39 Å². The first kappa shape index (κ1) is 16.4. The number of ether oxygens (including phenoxy) is 1. The fraction of sp³-hybridized carbons (Fsp3) is 0.368. The number of morpholine rings is 1. The third-order valence-electron chi connectivity index (χ3n) is 4.51. The lowest BCUT2D eigenvalue weighted by Gasteiger charge is -2.37. The Hall–Kier alpha value is -2.05. The third-order valence-corrected chi connectivity index (χ3v) is 5.70. The minimum absolute atomic E-state index is 0.0677. The normalized spacial score (nSPS) is 21.0. The highest BCUT2D eigenvalue weighted by Crippen LogP contribution is 2.34. The summed E-state index contributed by atoms with van der Waals surface area (Å²) in [7, 11) is 0. The van der Waals surface area contributed by atoms with Gasteiger partial charge in [0.2, 0.25) is 0 Å². The van der Waals surface area contributed by atoms with Gasteiger partial charge in [0.15, 0.2) is 0 Å². The summed E-state index contributed by atoms with van der Waals surface area (Å²) in [6.45, 7) is 5.69. The number of benzene rings is 1. The number of aromatic nitrogens is 2. The molecular formula is C19H20FN3OS. The molecule has 6 heteroatoms. The van der Waals surface area contributed by atoms with E-state index in [2.05, 4.69) is 34.8 Å². The van der Waals surface area contributed by atoms with Crippen LogP contribution in [0.1, 0.15) is 30.4 Å². The molecule has 2 unspecified atom stereocenters. The zero-order valence-corrected chi connectivity index (χ0v) is 15.1. The van der Waals surface area contributed by atoms with Gasteiger partial charge < -0.3 is 9.64 Å². The van der Waals surface area contributed by atoms with Gasteiger partial charge in [0, 0.05) is 18.0 Å². The number of fused-ring (bicyclic) bond motifs is 1. The maximum absolute atomic E-state index is 13.2. The van der Waals surface area contributed by atoms with Crippen LogP contribution in [0.15, 0.2) is 36.7 Å². The molecule has 0 spiro atoms. The Labute approximate surface area is 150 Å². The fourth-order valence-electron chi connectivity index (χ4n) is 3.31. The largest absolute Gasteiger partial charge is 0.367 e. The Bertz CT molecular complexity index is 880. The van der Waals surface area contributed by atoms with E-state index in [1.54, 1.807) is 29.8 Å². The first-order valence-electron chi connectivity index (χ1n) is 8.53. The van der Waals surface area contributed by atoms with Gasteiger partial charge in [-0.2, -0.15) is 0 Å². The minimum Gasteiger partial charge on any atom is -0.367 e. The maximum atomic E-state index is 13.2. The Kier molecular flexibility index (Phi) is 4.39. The summed E-state index contributed by atoms with van der Waals surface area (Å²) in [5.41, 5.74) is 0.989. The average Bonchev–Trinajstić information content (AvgIpc) is 3.05. The van der Waals surface area contributed by atoms with Crippen LogP contribution in [0.2, 0.25) is 0 Å². The highest BCUT2D eigenvalue weighted by atomic mass is 32.1. The smallest absolute Gasteiger partial charge is 0.140 e. The third kappa shape index (κ3) is 3.24. The van der Waals surface area contributed by atoms with Gasteiger partial charge >= 0.3 is 0 Å². The van der Waals surface area contributed by atoms with Crippen molar-refractivity contribution in [2.24, 2.45) is 0 Å². The number of rotatable bonds is 3. The van der Waals surface area contributed by atoms with E-state index >= 15 is 0 Å². The van der Waals surface area contributed by atoms with Crippen molar-refractivity contribution in [3.63, 3.8) is 0 Å². The van der Waals surface area contributed by atoms with Crippen LogP contribution < -0.4 is 4.90 Å². The van der Waals surface area contributed by atoms with Crippen LogP contribution in [0.4, 0.5) is 10.2 Å². The molecule has 25 heavy (non-hydrogen) atoms. The van der Waals surface area contributed by atoms with Crippen LogP contribution in [0.25, 0.3) is 10.2 Å². The van der Waals surface area contributed by atoms with Crippen molar-refractivity contribution in [3.05, 3.63) is 52.9 Å². The Morgan fingerprint density at radius 2 is 2.04 bits per heavy atom. The van der Waals surface area contributed by atoms with Crippen LogP contribution in [0, 0.1) is 5.82 Å². The number of nitrogens with zero attached hydrogens (tertiary/aromatic N) is 3. The number of aryl methyl sites for hydroxylation is 1. The van der Waals surface area contributed by atoms with Crippen molar-refractivity contribution in [2.75, 3.05) is 18.0 Å². The van der Waals surface area contributed by atoms with Gasteiger partial charge in [-0.1, -0.05) is 19.1 Å². The summed E-state index contributed by atoms with van der Waals surface area (Å²) >= 11 is 1.72. The molecular weight excluding hydrogens is 337 g/mol. The molecule has 0 N–H and O–H groups in total. The number of anilines is 1. The highest BCUT2D eigenvalue weighted by molar-refractivity contribution is 7.18. The number of hydrogen-bond donors (Lipinski definition) is 0. The lowest BCUT2D eigenvalue weighted by Crippen LogP contribution is -2.43.